The number of benzene rings is 1. The highest BCUT2D eigenvalue weighted by Crippen LogP contribution is 2.19. The Labute approximate surface area is 134 Å². The van der Waals surface area contributed by atoms with Crippen LogP contribution in [0, 0.1) is 0 Å². The summed E-state index contributed by atoms with van der Waals surface area (Å²) >= 11 is 9.94. The highest BCUT2D eigenvalue weighted by atomic mass is 35.5. The Morgan fingerprint density at radius 2 is 1.95 bits per heavy atom. The second-order valence-electron chi connectivity index (χ2n) is 4.40. The van der Waals surface area contributed by atoms with E-state index in [2.05, 4.69) is 27.5 Å². The average Bonchev–Trinajstić information content (AvgIpc) is 2.80. The monoisotopic (exact) mass is 346 g/mol. The van der Waals surface area contributed by atoms with E-state index >= 15 is 0 Å². The van der Waals surface area contributed by atoms with Crippen molar-refractivity contribution in [1.82, 2.24) is 19.5 Å². The first kappa shape index (κ1) is 16.3. The van der Waals surface area contributed by atoms with Gasteiger partial charge in [-0.3, -0.25) is 0 Å². The summed E-state index contributed by atoms with van der Waals surface area (Å²) < 4.78 is 28.9. The van der Waals surface area contributed by atoms with Crippen LogP contribution in [0.3, 0.4) is 0 Å². The van der Waals surface area contributed by atoms with Crippen molar-refractivity contribution >= 4 is 34.3 Å². The van der Waals surface area contributed by atoms with E-state index in [-0.39, 0.29) is 4.90 Å². The van der Waals surface area contributed by atoms with Crippen molar-refractivity contribution in [2.45, 2.75) is 36.5 Å². The van der Waals surface area contributed by atoms with Gasteiger partial charge in [0.15, 0.2) is 11.0 Å². The third kappa shape index (κ3) is 3.57. The molecule has 21 heavy (non-hydrogen) atoms. The van der Waals surface area contributed by atoms with Crippen molar-refractivity contribution in [3.8, 4) is 0 Å². The summed E-state index contributed by atoms with van der Waals surface area (Å²) in [5, 5.41) is 8.74. The molecule has 0 aliphatic heterocycles. The maximum atomic E-state index is 12.3. The van der Waals surface area contributed by atoms with Crippen LogP contribution in [0.15, 0.2) is 34.3 Å². The fraction of sp³-hybridized carbons (Fsp3) is 0.333. The molecule has 1 N–H and O–H groups in total. The van der Waals surface area contributed by atoms with Crippen LogP contribution in [0.4, 0.5) is 0 Å². The molecule has 0 aliphatic carbocycles. The molecule has 2 aromatic rings. The van der Waals surface area contributed by atoms with E-state index in [9.17, 15) is 8.42 Å². The first-order valence-electron chi connectivity index (χ1n) is 6.25. The van der Waals surface area contributed by atoms with Gasteiger partial charge in [-0.25, -0.2) is 13.1 Å². The zero-order valence-corrected chi connectivity index (χ0v) is 14.0. The molecule has 0 amide bonds. The van der Waals surface area contributed by atoms with Crippen molar-refractivity contribution in [3.05, 3.63) is 35.1 Å². The lowest BCUT2D eigenvalue weighted by molar-refractivity contribution is 0.540. The number of rotatable bonds is 5. The van der Waals surface area contributed by atoms with Crippen LogP contribution in [-0.2, 0) is 16.6 Å². The number of hydrogen-bond acceptors (Lipinski definition) is 5. The molecule has 0 aliphatic rings. The molecule has 1 aromatic heterocycles. The Hall–Kier alpha value is -1.09. The average molecular weight is 347 g/mol. The van der Waals surface area contributed by atoms with Gasteiger partial charge in [-0.05, 0) is 38.1 Å². The zero-order chi connectivity index (χ0) is 15.6. The number of sulfonamides is 1. The number of nitrogens with zero attached hydrogens (tertiary/aromatic N) is 3. The van der Waals surface area contributed by atoms with Gasteiger partial charge < -0.3 is 4.57 Å². The van der Waals surface area contributed by atoms with Gasteiger partial charge in [-0.1, -0.05) is 11.6 Å². The Bertz CT molecular complexity index is 728. The summed E-state index contributed by atoms with van der Waals surface area (Å²) in [6.07, 6.45) is 0. The Morgan fingerprint density at radius 3 is 2.52 bits per heavy atom. The van der Waals surface area contributed by atoms with E-state index in [1.54, 1.807) is 11.5 Å². The lowest BCUT2D eigenvalue weighted by Crippen LogP contribution is -2.28. The normalized spacial score (nSPS) is 13.3. The number of halogens is 1. The molecule has 0 unspecified atom stereocenters. The largest absolute Gasteiger partial charge is 0.305 e. The van der Waals surface area contributed by atoms with Crippen molar-refractivity contribution in [2.24, 2.45) is 0 Å². The predicted octanol–water partition coefficient (Wildman–Crippen LogP) is 2.28. The van der Waals surface area contributed by atoms with Crippen LogP contribution in [0.1, 0.15) is 25.7 Å². The summed E-state index contributed by atoms with van der Waals surface area (Å²) in [5.74, 6) is 0.514. The molecule has 1 heterocycles. The molecule has 9 heteroatoms. The predicted molar refractivity (Wildman–Crippen MR) is 83.1 cm³/mol. The summed E-state index contributed by atoms with van der Waals surface area (Å²) in [4.78, 5) is 0.146. The highest BCUT2D eigenvalue weighted by Gasteiger charge is 2.22. The topological polar surface area (TPSA) is 76.9 Å². The van der Waals surface area contributed by atoms with Crippen LogP contribution in [0.2, 0.25) is 5.02 Å². The molecule has 0 bridgehead atoms. The van der Waals surface area contributed by atoms with Crippen LogP contribution in [0.25, 0.3) is 0 Å². The molecular formula is C12H15ClN4O2S2. The summed E-state index contributed by atoms with van der Waals surface area (Å²) in [6.45, 7) is 4.22. The maximum absolute atomic E-state index is 12.3. The number of aromatic nitrogens is 3. The summed E-state index contributed by atoms with van der Waals surface area (Å²) in [7, 11) is -3.65. The molecule has 114 valence electrons. The van der Waals surface area contributed by atoms with E-state index in [1.165, 1.54) is 24.3 Å². The molecule has 0 saturated carbocycles. The molecule has 0 fully saturated rings. The van der Waals surface area contributed by atoms with E-state index in [4.69, 9.17) is 11.6 Å². The van der Waals surface area contributed by atoms with Gasteiger partial charge >= 0.3 is 0 Å². The minimum atomic E-state index is -3.65. The van der Waals surface area contributed by atoms with Crippen molar-refractivity contribution in [2.75, 3.05) is 0 Å². The summed E-state index contributed by atoms with van der Waals surface area (Å²) in [5.41, 5.74) is 0. The zero-order valence-electron chi connectivity index (χ0n) is 11.5. The van der Waals surface area contributed by atoms with E-state index in [0.717, 1.165) is 0 Å². The van der Waals surface area contributed by atoms with Gasteiger partial charge in [0.05, 0.1) is 10.9 Å². The van der Waals surface area contributed by atoms with Crippen molar-refractivity contribution in [3.63, 3.8) is 0 Å². The molecule has 6 nitrogen and oxygen atoms in total. The molecule has 0 saturated heterocycles. The smallest absolute Gasteiger partial charge is 0.241 e. The molecule has 1 aromatic carbocycles. The highest BCUT2D eigenvalue weighted by molar-refractivity contribution is 7.89. The maximum Gasteiger partial charge on any atom is 0.241 e. The van der Waals surface area contributed by atoms with Crippen LogP contribution in [0.5, 0.6) is 0 Å². The van der Waals surface area contributed by atoms with Gasteiger partial charge in [0.2, 0.25) is 10.0 Å². The van der Waals surface area contributed by atoms with Crippen LogP contribution >= 0.6 is 24.2 Å². The summed E-state index contributed by atoms with van der Waals surface area (Å²) in [6, 6.07) is 5.43. The molecule has 0 radical (unpaired) electrons. The third-order valence-electron chi connectivity index (χ3n) is 2.92. The SMILES string of the molecule is CCn1c(S)nnc1[C@@H](C)NS(=O)(=O)c1ccc(Cl)cc1. The Kier molecular flexibility index (Phi) is 4.92. The van der Waals surface area contributed by atoms with Crippen molar-refractivity contribution in [1.29, 1.82) is 0 Å². The first-order valence-corrected chi connectivity index (χ1v) is 8.56. The van der Waals surface area contributed by atoms with Crippen molar-refractivity contribution < 1.29 is 8.42 Å². The Morgan fingerprint density at radius 1 is 1.33 bits per heavy atom. The fourth-order valence-electron chi connectivity index (χ4n) is 1.90. The minimum Gasteiger partial charge on any atom is -0.305 e. The van der Waals surface area contributed by atoms with Gasteiger partial charge in [0, 0.05) is 11.6 Å². The molecule has 0 spiro atoms. The van der Waals surface area contributed by atoms with E-state index < -0.39 is 16.1 Å². The molecule has 2 rings (SSSR count). The van der Waals surface area contributed by atoms with Gasteiger partial charge in [0.25, 0.3) is 0 Å². The quantitative estimate of drug-likeness (QED) is 0.814. The molecule has 1 atom stereocenters. The second kappa shape index (κ2) is 6.35. The van der Waals surface area contributed by atoms with Gasteiger partial charge in [-0.2, -0.15) is 0 Å². The van der Waals surface area contributed by atoms with Gasteiger partial charge in [-0.15, -0.1) is 22.8 Å². The van der Waals surface area contributed by atoms with Crippen LogP contribution in [-0.4, -0.2) is 23.2 Å². The lowest BCUT2D eigenvalue weighted by atomic mass is 10.3. The number of hydrogen-bond donors (Lipinski definition) is 2. The number of nitrogens with one attached hydrogen (secondary N) is 1. The lowest BCUT2D eigenvalue weighted by Gasteiger charge is -2.14. The van der Waals surface area contributed by atoms with Gasteiger partial charge in [0.1, 0.15) is 0 Å². The minimum absolute atomic E-state index is 0.146. The third-order valence-corrected chi connectivity index (χ3v) is 5.06. The van der Waals surface area contributed by atoms with Crippen LogP contribution < -0.4 is 4.72 Å². The van der Waals surface area contributed by atoms with E-state index in [1.807, 2.05) is 6.92 Å². The Balaban J connectivity index is 2.25. The number of thiol groups is 1. The second-order valence-corrected chi connectivity index (χ2v) is 6.95. The fourth-order valence-corrected chi connectivity index (χ4v) is 3.51. The molecular weight excluding hydrogens is 332 g/mol. The van der Waals surface area contributed by atoms with E-state index in [0.29, 0.717) is 22.5 Å². The first-order chi connectivity index (χ1) is 9.85. The standard InChI is InChI=1S/C12H15ClN4O2S2/c1-3-17-11(14-15-12(17)20)8(2)16-21(18,19)10-6-4-9(13)5-7-10/h4-8,16H,3H2,1-2H3,(H,15,20)/t8-/m1/s1.